The normalized spacial score (nSPS) is 12.7. The number of hydrogen-bond acceptors (Lipinski definition) is 1. The van der Waals surface area contributed by atoms with E-state index in [9.17, 15) is 0 Å². The van der Waals surface area contributed by atoms with Crippen LogP contribution in [0.1, 0.15) is 27.8 Å². The van der Waals surface area contributed by atoms with E-state index >= 15 is 0 Å². The summed E-state index contributed by atoms with van der Waals surface area (Å²) in [4.78, 5) is 2.34. The third kappa shape index (κ3) is 5.85. The van der Waals surface area contributed by atoms with Crippen molar-refractivity contribution >= 4 is 49.4 Å². The molecule has 0 saturated carbocycles. The highest BCUT2D eigenvalue weighted by atomic mass is 15.1. The Labute approximate surface area is 368 Å². The van der Waals surface area contributed by atoms with Crippen molar-refractivity contribution in [2.75, 3.05) is 4.90 Å². The van der Waals surface area contributed by atoms with E-state index in [0.29, 0.717) is 0 Å². The topological polar surface area (TPSA) is 3.24 Å². The maximum Gasteiger partial charge on any atom is 0.0713 e. The van der Waals surface area contributed by atoms with E-state index < -0.39 is 5.41 Å². The average Bonchev–Trinajstić information content (AvgIpc) is 3.65. The maximum atomic E-state index is 2.42. The molecule has 0 atom stereocenters. The van der Waals surface area contributed by atoms with Gasteiger partial charge < -0.3 is 4.90 Å². The van der Waals surface area contributed by atoms with Crippen molar-refractivity contribution in [3.05, 3.63) is 270 Å². The van der Waals surface area contributed by atoms with Gasteiger partial charge in [-0.2, -0.15) is 0 Å². The predicted molar refractivity (Wildman–Crippen MR) is 267 cm³/mol. The van der Waals surface area contributed by atoms with E-state index in [2.05, 4.69) is 254 Å². The Morgan fingerprint density at radius 3 is 1.25 bits per heavy atom. The van der Waals surface area contributed by atoms with Crippen LogP contribution in [0.4, 0.5) is 17.1 Å². The lowest BCUT2D eigenvalue weighted by atomic mass is 9.67. The standard InChI is InChI=1S/C62H43N/c1-42-28-36-50(37-29-42)63(49-20-6-3-7-21-49)51-38-32-44(33-39-51)61-55-25-11-10-24-54(55)60(56-40-45-16-8-9-17-46(45)41-57(56)61)43-30-34-48(35-31-43)62(47-18-4-2-5-19-47)58-26-14-12-22-52(58)53-23-13-15-27-59(53)62/h2-41H,1H3. The van der Waals surface area contributed by atoms with Gasteiger partial charge in [0.2, 0.25) is 0 Å². The molecule has 1 nitrogen and oxygen atoms in total. The Hall–Kier alpha value is -8.00. The molecule has 0 fully saturated rings. The number of aryl methyl sites for hydroxylation is 1. The van der Waals surface area contributed by atoms with Crippen LogP contribution in [-0.2, 0) is 5.41 Å². The number of anilines is 3. The molecular weight excluding hydrogens is 759 g/mol. The van der Waals surface area contributed by atoms with Crippen molar-refractivity contribution in [1.29, 1.82) is 0 Å². The summed E-state index contributed by atoms with van der Waals surface area (Å²) in [6.45, 7) is 2.14. The molecule has 11 aromatic carbocycles. The molecule has 0 unspecified atom stereocenters. The zero-order valence-electron chi connectivity index (χ0n) is 35.0. The van der Waals surface area contributed by atoms with E-state index in [1.807, 2.05) is 0 Å². The van der Waals surface area contributed by atoms with Crippen LogP contribution in [0.25, 0.3) is 65.7 Å². The predicted octanol–water partition coefficient (Wildman–Crippen LogP) is 16.6. The third-order valence-corrected chi connectivity index (χ3v) is 13.4. The first kappa shape index (κ1) is 36.8. The summed E-state index contributed by atoms with van der Waals surface area (Å²) >= 11 is 0. The molecule has 1 aliphatic carbocycles. The van der Waals surface area contributed by atoms with Crippen LogP contribution in [0.3, 0.4) is 0 Å². The molecule has 0 N–H and O–H groups in total. The molecule has 12 rings (SSSR count). The summed E-state index contributed by atoms with van der Waals surface area (Å²) in [6.07, 6.45) is 0. The summed E-state index contributed by atoms with van der Waals surface area (Å²) in [5, 5.41) is 7.45. The molecule has 1 aliphatic rings. The third-order valence-electron chi connectivity index (χ3n) is 13.4. The lowest BCUT2D eigenvalue weighted by Crippen LogP contribution is -2.28. The lowest BCUT2D eigenvalue weighted by Gasteiger charge is -2.34. The number of benzene rings is 11. The van der Waals surface area contributed by atoms with Gasteiger partial charge in [0.05, 0.1) is 5.41 Å². The molecule has 63 heavy (non-hydrogen) atoms. The van der Waals surface area contributed by atoms with Gasteiger partial charge in [0.15, 0.2) is 0 Å². The molecular formula is C62H43N. The lowest BCUT2D eigenvalue weighted by molar-refractivity contribution is 0.768. The fraction of sp³-hybridized carbons (Fsp3) is 0.0323. The van der Waals surface area contributed by atoms with Gasteiger partial charge in [-0.25, -0.2) is 0 Å². The zero-order chi connectivity index (χ0) is 41.9. The van der Waals surface area contributed by atoms with Crippen LogP contribution in [0.15, 0.2) is 243 Å². The molecule has 0 saturated heterocycles. The highest BCUT2D eigenvalue weighted by Crippen LogP contribution is 2.56. The Bertz CT molecular complexity index is 3430. The fourth-order valence-corrected chi connectivity index (χ4v) is 10.6. The first-order chi connectivity index (χ1) is 31.2. The van der Waals surface area contributed by atoms with Gasteiger partial charge in [0.25, 0.3) is 0 Å². The van der Waals surface area contributed by atoms with Crippen molar-refractivity contribution in [3.63, 3.8) is 0 Å². The Balaban J connectivity index is 1.06. The average molecular weight is 802 g/mol. The molecule has 1 heteroatoms. The van der Waals surface area contributed by atoms with E-state index in [0.717, 1.165) is 17.1 Å². The van der Waals surface area contributed by atoms with E-state index in [1.165, 1.54) is 93.5 Å². The zero-order valence-corrected chi connectivity index (χ0v) is 35.0. The van der Waals surface area contributed by atoms with Gasteiger partial charge in [-0.05, 0) is 143 Å². The van der Waals surface area contributed by atoms with Gasteiger partial charge >= 0.3 is 0 Å². The number of hydrogen-bond donors (Lipinski definition) is 0. The molecule has 296 valence electrons. The van der Waals surface area contributed by atoms with Crippen molar-refractivity contribution in [2.45, 2.75) is 12.3 Å². The second kappa shape index (κ2) is 14.9. The van der Waals surface area contributed by atoms with Crippen LogP contribution in [0.2, 0.25) is 0 Å². The number of para-hydroxylation sites is 1. The molecule has 0 heterocycles. The van der Waals surface area contributed by atoms with Crippen LogP contribution < -0.4 is 4.90 Å². The molecule has 0 bridgehead atoms. The van der Waals surface area contributed by atoms with Crippen LogP contribution in [0.5, 0.6) is 0 Å². The summed E-state index contributed by atoms with van der Waals surface area (Å²) in [6, 6.07) is 89.8. The number of nitrogens with zero attached hydrogens (tertiary/aromatic N) is 1. The Morgan fingerprint density at radius 1 is 0.317 bits per heavy atom. The summed E-state index contributed by atoms with van der Waals surface area (Å²) in [5.74, 6) is 0. The Kier molecular flexibility index (Phi) is 8.69. The summed E-state index contributed by atoms with van der Waals surface area (Å²) < 4.78 is 0. The summed E-state index contributed by atoms with van der Waals surface area (Å²) in [7, 11) is 0. The number of rotatable bonds is 7. The van der Waals surface area contributed by atoms with Crippen LogP contribution in [-0.4, -0.2) is 0 Å². The quantitative estimate of drug-likeness (QED) is 0.145. The van der Waals surface area contributed by atoms with Crippen LogP contribution >= 0.6 is 0 Å². The molecule has 0 spiro atoms. The molecule has 0 aromatic heterocycles. The van der Waals surface area contributed by atoms with E-state index in [4.69, 9.17) is 0 Å². The molecule has 0 amide bonds. The Morgan fingerprint density at radius 2 is 0.714 bits per heavy atom. The number of fused-ring (bicyclic) bond motifs is 6. The minimum Gasteiger partial charge on any atom is -0.311 e. The SMILES string of the molecule is Cc1ccc(N(c2ccccc2)c2ccc(-c3c4ccccc4c(-c4ccc(C5(c6ccccc6)c6ccccc6-c6ccccc65)cc4)c4cc5ccccc5cc34)cc2)cc1. The highest BCUT2D eigenvalue weighted by Gasteiger charge is 2.45. The fourth-order valence-electron chi connectivity index (χ4n) is 10.6. The largest absolute Gasteiger partial charge is 0.311 e. The van der Waals surface area contributed by atoms with Gasteiger partial charge in [-0.1, -0.05) is 200 Å². The van der Waals surface area contributed by atoms with E-state index in [1.54, 1.807) is 0 Å². The first-order valence-corrected chi connectivity index (χ1v) is 21.9. The first-order valence-electron chi connectivity index (χ1n) is 21.9. The summed E-state index contributed by atoms with van der Waals surface area (Å²) in [5.41, 5.74) is 16.9. The molecule has 11 aromatic rings. The second-order valence-corrected chi connectivity index (χ2v) is 16.9. The van der Waals surface area contributed by atoms with Crippen molar-refractivity contribution in [3.8, 4) is 33.4 Å². The van der Waals surface area contributed by atoms with Gasteiger partial charge in [-0.3, -0.25) is 0 Å². The van der Waals surface area contributed by atoms with Crippen molar-refractivity contribution in [1.82, 2.24) is 0 Å². The minimum atomic E-state index is -0.446. The van der Waals surface area contributed by atoms with Gasteiger partial charge in [-0.15, -0.1) is 0 Å². The van der Waals surface area contributed by atoms with Gasteiger partial charge in [0.1, 0.15) is 0 Å². The van der Waals surface area contributed by atoms with E-state index in [-0.39, 0.29) is 0 Å². The smallest absolute Gasteiger partial charge is 0.0713 e. The maximum absolute atomic E-state index is 2.42. The molecule has 0 radical (unpaired) electrons. The van der Waals surface area contributed by atoms with Crippen molar-refractivity contribution < 1.29 is 0 Å². The van der Waals surface area contributed by atoms with Gasteiger partial charge in [0, 0.05) is 17.1 Å². The minimum absolute atomic E-state index is 0.446. The highest BCUT2D eigenvalue weighted by molar-refractivity contribution is 6.23. The monoisotopic (exact) mass is 801 g/mol. The molecule has 0 aliphatic heterocycles. The van der Waals surface area contributed by atoms with Crippen LogP contribution in [0, 0.1) is 6.92 Å². The second-order valence-electron chi connectivity index (χ2n) is 16.9. The van der Waals surface area contributed by atoms with Crippen molar-refractivity contribution in [2.24, 2.45) is 0 Å².